The number of carbonyl (C=O) groups excluding carboxylic acids is 1. The summed E-state index contributed by atoms with van der Waals surface area (Å²) in [6.07, 6.45) is 4.80. The van der Waals surface area contributed by atoms with Crippen LogP contribution in [0.1, 0.15) is 45.4 Å². The van der Waals surface area contributed by atoms with Crippen LogP contribution in [0.4, 0.5) is 0 Å². The lowest BCUT2D eigenvalue weighted by Crippen LogP contribution is -2.54. The average molecular weight is 270 g/mol. The molecule has 5 heteroatoms. The second-order valence-corrected chi connectivity index (χ2v) is 5.71. The highest BCUT2D eigenvalue weighted by Crippen LogP contribution is 2.36. The molecule has 0 bridgehead atoms. The smallest absolute Gasteiger partial charge is 0.305 e. The molecule has 110 valence electrons. The summed E-state index contributed by atoms with van der Waals surface area (Å²) in [5.41, 5.74) is -0.483. The van der Waals surface area contributed by atoms with Crippen molar-refractivity contribution in [2.45, 2.75) is 51.0 Å². The van der Waals surface area contributed by atoms with Crippen LogP contribution < -0.4 is 5.32 Å². The van der Waals surface area contributed by atoms with Crippen LogP contribution in [0.15, 0.2) is 0 Å². The lowest BCUT2D eigenvalue weighted by molar-refractivity contribution is -0.147. The van der Waals surface area contributed by atoms with E-state index in [4.69, 9.17) is 5.11 Å². The third-order valence-electron chi connectivity index (χ3n) is 4.24. The van der Waals surface area contributed by atoms with Crippen molar-refractivity contribution in [3.63, 3.8) is 0 Å². The highest BCUT2D eigenvalue weighted by Gasteiger charge is 2.41. The van der Waals surface area contributed by atoms with Crippen molar-refractivity contribution in [2.75, 3.05) is 20.6 Å². The molecule has 1 fully saturated rings. The Kier molecular flexibility index (Phi) is 5.79. The summed E-state index contributed by atoms with van der Waals surface area (Å²) in [6, 6.07) is 0. The summed E-state index contributed by atoms with van der Waals surface area (Å²) in [7, 11) is 3.58. The molecule has 1 rings (SSSR count). The maximum Gasteiger partial charge on any atom is 0.305 e. The summed E-state index contributed by atoms with van der Waals surface area (Å²) in [6.45, 7) is 2.50. The Bertz CT molecular complexity index is 325. The van der Waals surface area contributed by atoms with Gasteiger partial charge in [-0.25, -0.2) is 0 Å². The predicted molar refractivity (Wildman–Crippen MR) is 73.9 cm³/mol. The van der Waals surface area contributed by atoms with Crippen molar-refractivity contribution in [3.05, 3.63) is 0 Å². The second-order valence-electron chi connectivity index (χ2n) is 5.71. The lowest BCUT2D eigenvalue weighted by Gasteiger charge is -2.44. The number of carboxylic acids is 1. The molecule has 1 aliphatic carbocycles. The Morgan fingerprint density at radius 3 is 2.37 bits per heavy atom. The molecule has 0 radical (unpaired) electrons. The maximum absolute atomic E-state index is 12.4. The van der Waals surface area contributed by atoms with Crippen LogP contribution in [0.2, 0.25) is 0 Å². The van der Waals surface area contributed by atoms with Gasteiger partial charge in [0.05, 0.1) is 12.0 Å². The first kappa shape index (κ1) is 16.0. The minimum absolute atomic E-state index is 0.0394. The number of nitrogens with zero attached hydrogens (tertiary/aromatic N) is 1. The Morgan fingerprint density at radius 2 is 1.89 bits per heavy atom. The van der Waals surface area contributed by atoms with Gasteiger partial charge in [-0.15, -0.1) is 0 Å². The number of carbonyl (C=O) groups is 2. The van der Waals surface area contributed by atoms with Crippen LogP contribution in [0.3, 0.4) is 0 Å². The van der Waals surface area contributed by atoms with E-state index in [0.29, 0.717) is 6.54 Å². The van der Waals surface area contributed by atoms with Crippen LogP contribution in [0.25, 0.3) is 0 Å². The summed E-state index contributed by atoms with van der Waals surface area (Å²) in [4.78, 5) is 25.3. The molecule has 0 aromatic rings. The molecule has 1 atom stereocenters. The molecule has 2 N–H and O–H groups in total. The van der Waals surface area contributed by atoms with E-state index in [1.54, 1.807) is 11.9 Å². The van der Waals surface area contributed by atoms with Crippen molar-refractivity contribution in [1.29, 1.82) is 0 Å². The highest BCUT2D eigenvalue weighted by atomic mass is 16.4. The van der Waals surface area contributed by atoms with Crippen LogP contribution >= 0.6 is 0 Å². The largest absolute Gasteiger partial charge is 0.481 e. The Balaban J connectivity index is 2.84. The third-order valence-corrected chi connectivity index (χ3v) is 4.24. The van der Waals surface area contributed by atoms with Crippen molar-refractivity contribution in [3.8, 4) is 0 Å². The molecule has 0 aromatic carbocycles. The third kappa shape index (κ3) is 3.93. The van der Waals surface area contributed by atoms with E-state index in [1.807, 2.05) is 14.0 Å². The first-order valence-electron chi connectivity index (χ1n) is 7.07. The molecule has 19 heavy (non-hydrogen) atoms. The van der Waals surface area contributed by atoms with Gasteiger partial charge in [-0.3, -0.25) is 9.59 Å². The molecule has 0 heterocycles. The molecule has 0 aliphatic heterocycles. The van der Waals surface area contributed by atoms with Gasteiger partial charge in [0.2, 0.25) is 5.91 Å². The van der Waals surface area contributed by atoms with Crippen LogP contribution in [-0.4, -0.2) is 48.1 Å². The zero-order valence-corrected chi connectivity index (χ0v) is 12.2. The van der Waals surface area contributed by atoms with E-state index in [2.05, 4.69) is 5.32 Å². The minimum Gasteiger partial charge on any atom is -0.481 e. The molecule has 5 nitrogen and oxygen atoms in total. The van der Waals surface area contributed by atoms with Gasteiger partial charge in [0, 0.05) is 19.5 Å². The summed E-state index contributed by atoms with van der Waals surface area (Å²) in [5.74, 6) is -0.900. The molecule has 0 spiro atoms. The zero-order chi connectivity index (χ0) is 14.5. The van der Waals surface area contributed by atoms with Gasteiger partial charge >= 0.3 is 5.97 Å². The van der Waals surface area contributed by atoms with Gasteiger partial charge in [-0.05, 0) is 19.9 Å². The summed E-state index contributed by atoms with van der Waals surface area (Å²) < 4.78 is 0. The maximum atomic E-state index is 12.4. The SMILES string of the molecule is CNCC(C)C(=O)N(C)C1(CC(=O)O)CCCCC1. The molecule has 1 saturated carbocycles. The monoisotopic (exact) mass is 270 g/mol. The van der Waals surface area contributed by atoms with Crippen molar-refractivity contribution in [1.82, 2.24) is 10.2 Å². The zero-order valence-electron chi connectivity index (χ0n) is 12.2. The number of rotatable bonds is 6. The summed E-state index contributed by atoms with van der Waals surface area (Å²) >= 11 is 0. The minimum atomic E-state index is -0.817. The van der Waals surface area contributed by atoms with Gasteiger partial charge in [0.25, 0.3) is 0 Å². The Morgan fingerprint density at radius 1 is 1.32 bits per heavy atom. The highest BCUT2D eigenvalue weighted by molar-refractivity contribution is 5.80. The fourth-order valence-electron chi connectivity index (χ4n) is 3.08. The molecule has 1 amide bonds. The molecular weight excluding hydrogens is 244 g/mol. The number of hydrogen-bond acceptors (Lipinski definition) is 3. The van der Waals surface area contributed by atoms with Crippen molar-refractivity contribution >= 4 is 11.9 Å². The van der Waals surface area contributed by atoms with Gasteiger partial charge in [-0.2, -0.15) is 0 Å². The van der Waals surface area contributed by atoms with E-state index in [-0.39, 0.29) is 18.2 Å². The number of carboxylic acid groups (broad SMARTS) is 1. The average Bonchev–Trinajstić information content (AvgIpc) is 2.37. The number of nitrogens with one attached hydrogen (secondary N) is 1. The number of amides is 1. The lowest BCUT2D eigenvalue weighted by atomic mass is 9.77. The van der Waals surface area contributed by atoms with Gasteiger partial charge in [0.1, 0.15) is 0 Å². The first-order chi connectivity index (χ1) is 8.93. The van der Waals surface area contributed by atoms with Gasteiger partial charge in [-0.1, -0.05) is 26.2 Å². The fraction of sp³-hybridized carbons (Fsp3) is 0.857. The van der Waals surface area contributed by atoms with Crippen LogP contribution in [0.5, 0.6) is 0 Å². The van der Waals surface area contributed by atoms with Gasteiger partial charge < -0.3 is 15.3 Å². The molecule has 1 aliphatic rings. The molecule has 0 aromatic heterocycles. The van der Waals surface area contributed by atoms with Crippen molar-refractivity contribution in [2.24, 2.45) is 5.92 Å². The quantitative estimate of drug-likeness (QED) is 0.767. The van der Waals surface area contributed by atoms with Crippen molar-refractivity contribution < 1.29 is 14.7 Å². The normalized spacial score (nSPS) is 19.7. The molecule has 1 unspecified atom stereocenters. The Hall–Kier alpha value is -1.10. The van der Waals surface area contributed by atoms with E-state index < -0.39 is 11.5 Å². The number of aliphatic carboxylic acids is 1. The van der Waals surface area contributed by atoms with Crippen LogP contribution in [-0.2, 0) is 9.59 Å². The van der Waals surface area contributed by atoms with E-state index in [1.165, 1.54) is 0 Å². The van der Waals surface area contributed by atoms with E-state index in [0.717, 1.165) is 32.1 Å². The van der Waals surface area contributed by atoms with Gasteiger partial charge in [0.15, 0.2) is 0 Å². The molecular formula is C14H26N2O3. The number of hydrogen-bond donors (Lipinski definition) is 2. The second kappa shape index (κ2) is 6.89. The Labute approximate surface area is 115 Å². The predicted octanol–water partition coefficient (Wildman–Crippen LogP) is 1.48. The van der Waals surface area contributed by atoms with Crippen LogP contribution in [0, 0.1) is 5.92 Å². The molecule has 0 saturated heterocycles. The fourth-order valence-corrected chi connectivity index (χ4v) is 3.08. The van der Waals surface area contributed by atoms with E-state index in [9.17, 15) is 9.59 Å². The standard InChI is InChI=1S/C14H26N2O3/c1-11(10-15-2)13(19)16(3)14(9-12(17)18)7-5-4-6-8-14/h11,15H,4-10H2,1-3H3,(H,17,18). The first-order valence-corrected chi connectivity index (χ1v) is 7.07. The topological polar surface area (TPSA) is 69.6 Å². The van der Waals surface area contributed by atoms with E-state index >= 15 is 0 Å². The summed E-state index contributed by atoms with van der Waals surface area (Å²) in [5, 5.41) is 12.1.